The maximum atomic E-state index is 5.41. The van der Waals surface area contributed by atoms with Gasteiger partial charge in [0, 0.05) is 36.8 Å². The topological polar surface area (TPSA) is 39.5 Å². The Bertz CT molecular complexity index is 628. The van der Waals surface area contributed by atoms with Gasteiger partial charge in [-0.2, -0.15) is 5.10 Å². The second kappa shape index (κ2) is 7.56. The van der Waals surface area contributed by atoms with Crippen LogP contribution >= 0.6 is 11.8 Å². The van der Waals surface area contributed by atoms with Gasteiger partial charge in [0.1, 0.15) is 0 Å². The van der Waals surface area contributed by atoms with Crippen LogP contribution in [0.5, 0.6) is 11.5 Å². The summed E-state index contributed by atoms with van der Waals surface area (Å²) >= 11 is 1.72. The molecule has 0 fully saturated rings. The third kappa shape index (κ3) is 3.96. The monoisotopic (exact) mass is 321 g/mol. The summed E-state index contributed by atoms with van der Waals surface area (Å²) in [5.41, 5.74) is 2.44. The van der Waals surface area contributed by atoms with E-state index < -0.39 is 0 Å². The first kappa shape index (κ1) is 16.7. The van der Waals surface area contributed by atoms with Crippen molar-refractivity contribution in [3.8, 4) is 11.5 Å². The molecule has 5 nitrogen and oxygen atoms in total. The van der Waals surface area contributed by atoms with Crippen LogP contribution in [0.4, 0.5) is 0 Å². The number of thioether (sulfide) groups is 1. The Morgan fingerprint density at radius 3 is 2.41 bits per heavy atom. The van der Waals surface area contributed by atoms with Crippen LogP contribution in [-0.2, 0) is 20.1 Å². The van der Waals surface area contributed by atoms with E-state index in [2.05, 4.69) is 29.4 Å². The summed E-state index contributed by atoms with van der Waals surface area (Å²) in [6, 6.07) is 4.10. The molecule has 0 amide bonds. The van der Waals surface area contributed by atoms with Crippen LogP contribution in [-0.4, -0.2) is 42.2 Å². The largest absolute Gasteiger partial charge is 0.493 e. The van der Waals surface area contributed by atoms with E-state index in [1.165, 1.54) is 16.0 Å². The number of nitrogens with zero attached hydrogens (tertiary/aromatic N) is 3. The number of aromatic nitrogens is 2. The van der Waals surface area contributed by atoms with Crippen LogP contribution in [0.15, 0.2) is 29.4 Å². The summed E-state index contributed by atoms with van der Waals surface area (Å²) in [4.78, 5) is 3.47. The highest BCUT2D eigenvalue weighted by Crippen LogP contribution is 2.35. The maximum absolute atomic E-state index is 5.41. The normalized spacial score (nSPS) is 11.0. The zero-order chi connectivity index (χ0) is 16.1. The van der Waals surface area contributed by atoms with Crippen LogP contribution < -0.4 is 9.47 Å². The molecule has 0 unspecified atom stereocenters. The second-order valence-electron chi connectivity index (χ2n) is 5.21. The molecule has 0 N–H and O–H groups in total. The van der Waals surface area contributed by atoms with Crippen molar-refractivity contribution in [1.82, 2.24) is 14.7 Å². The van der Waals surface area contributed by atoms with Crippen molar-refractivity contribution in [2.45, 2.75) is 18.0 Å². The number of aryl methyl sites for hydroxylation is 1. The molecule has 0 saturated heterocycles. The predicted octanol–water partition coefficient (Wildman–Crippen LogP) is 2.79. The van der Waals surface area contributed by atoms with Crippen LogP contribution in [0.25, 0.3) is 0 Å². The Kier molecular flexibility index (Phi) is 5.74. The Hall–Kier alpha value is -1.66. The van der Waals surface area contributed by atoms with Gasteiger partial charge in [-0.15, -0.1) is 11.8 Å². The summed E-state index contributed by atoms with van der Waals surface area (Å²) < 4.78 is 12.6. The highest BCUT2D eigenvalue weighted by atomic mass is 32.2. The number of rotatable bonds is 7. The van der Waals surface area contributed by atoms with Crippen LogP contribution in [0, 0.1) is 0 Å². The molecule has 0 atom stereocenters. The highest BCUT2D eigenvalue weighted by Gasteiger charge is 2.13. The third-order valence-corrected chi connectivity index (χ3v) is 4.26. The molecule has 0 saturated carbocycles. The lowest BCUT2D eigenvalue weighted by molar-refractivity contribution is 0.313. The summed E-state index contributed by atoms with van der Waals surface area (Å²) in [6.07, 6.45) is 6.02. The van der Waals surface area contributed by atoms with Crippen molar-refractivity contribution in [2.24, 2.45) is 7.05 Å². The molecule has 120 valence electrons. The molecule has 1 heterocycles. The van der Waals surface area contributed by atoms with E-state index in [0.29, 0.717) is 0 Å². The first-order chi connectivity index (χ1) is 10.6. The lowest BCUT2D eigenvalue weighted by atomic mass is 10.1. The average Bonchev–Trinajstić information content (AvgIpc) is 2.91. The molecule has 0 radical (unpaired) electrons. The van der Waals surface area contributed by atoms with Crippen molar-refractivity contribution in [3.05, 3.63) is 35.7 Å². The van der Waals surface area contributed by atoms with Gasteiger partial charge in [0.15, 0.2) is 11.5 Å². The van der Waals surface area contributed by atoms with Crippen LogP contribution in [0.3, 0.4) is 0 Å². The minimum atomic E-state index is 0.769. The second-order valence-corrected chi connectivity index (χ2v) is 6.06. The zero-order valence-corrected chi connectivity index (χ0v) is 14.6. The van der Waals surface area contributed by atoms with Gasteiger partial charge in [0.05, 0.1) is 20.4 Å². The summed E-state index contributed by atoms with van der Waals surface area (Å²) in [5, 5.41) is 4.21. The van der Waals surface area contributed by atoms with Gasteiger partial charge in [-0.1, -0.05) is 0 Å². The van der Waals surface area contributed by atoms with E-state index in [9.17, 15) is 0 Å². The van der Waals surface area contributed by atoms with E-state index in [0.717, 1.165) is 24.6 Å². The van der Waals surface area contributed by atoms with Gasteiger partial charge in [0.2, 0.25) is 0 Å². The lowest BCUT2D eigenvalue weighted by Crippen LogP contribution is -2.17. The predicted molar refractivity (Wildman–Crippen MR) is 89.7 cm³/mol. The van der Waals surface area contributed by atoms with Gasteiger partial charge in [0.25, 0.3) is 0 Å². The first-order valence-electron chi connectivity index (χ1n) is 7.02. The lowest BCUT2D eigenvalue weighted by Gasteiger charge is -2.19. The van der Waals surface area contributed by atoms with Crippen molar-refractivity contribution < 1.29 is 9.47 Å². The zero-order valence-electron chi connectivity index (χ0n) is 13.8. The molecule has 0 spiro atoms. The molecule has 0 aliphatic carbocycles. The van der Waals surface area contributed by atoms with Crippen molar-refractivity contribution in [3.63, 3.8) is 0 Å². The van der Waals surface area contributed by atoms with Gasteiger partial charge in [-0.3, -0.25) is 9.58 Å². The van der Waals surface area contributed by atoms with E-state index >= 15 is 0 Å². The van der Waals surface area contributed by atoms with Gasteiger partial charge >= 0.3 is 0 Å². The van der Waals surface area contributed by atoms with Gasteiger partial charge < -0.3 is 9.47 Å². The summed E-state index contributed by atoms with van der Waals surface area (Å²) in [6.45, 7) is 1.70. The fourth-order valence-electron chi connectivity index (χ4n) is 2.43. The molecule has 0 aliphatic heterocycles. The molecule has 1 aromatic carbocycles. The average molecular weight is 321 g/mol. The van der Waals surface area contributed by atoms with E-state index in [1.807, 2.05) is 30.2 Å². The summed E-state index contributed by atoms with van der Waals surface area (Å²) in [5.74, 6) is 1.54. The highest BCUT2D eigenvalue weighted by molar-refractivity contribution is 7.98. The maximum Gasteiger partial charge on any atom is 0.161 e. The summed E-state index contributed by atoms with van der Waals surface area (Å²) in [7, 11) is 7.37. The Labute approximate surface area is 136 Å². The molecule has 0 bridgehead atoms. The van der Waals surface area contributed by atoms with Crippen LogP contribution in [0.1, 0.15) is 11.1 Å². The Morgan fingerprint density at radius 2 is 1.86 bits per heavy atom. The quantitative estimate of drug-likeness (QED) is 0.733. The van der Waals surface area contributed by atoms with Gasteiger partial charge in [-0.25, -0.2) is 0 Å². The molecule has 2 rings (SSSR count). The Morgan fingerprint density at radius 1 is 1.18 bits per heavy atom. The molecule has 22 heavy (non-hydrogen) atoms. The molecular formula is C16H23N3O2S. The van der Waals surface area contributed by atoms with Gasteiger partial charge in [-0.05, 0) is 31.0 Å². The standard InChI is InChI=1S/C16H23N3O2S/c1-18(9-12-8-17-19(2)10-12)11-13-6-14(20-3)15(21-4)7-16(13)22-5/h6-8,10H,9,11H2,1-5H3. The van der Waals surface area contributed by atoms with E-state index in [1.54, 1.807) is 26.0 Å². The third-order valence-electron chi connectivity index (χ3n) is 3.44. The van der Waals surface area contributed by atoms with Crippen molar-refractivity contribution in [1.29, 1.82) is 0 Å². The van der Waals surface area contributed by atoms with E-state index in [-0.39, 0.29) is 0 Å². The minimum Gasteiger partial charge on any atom is -0.493 e. The van der Waals surface area contributed by atoms with Crippen LogP contribution in [0.2, 0.25) is 0 Å². The number of hydrogen-bond donors (Lipinski definition) is 0. The first-order valence-corrected chi connectivity index (χ1v) is 8.24. The molecular weight excluding hydrogens is 298 g/mol. The number of hydrogen-bond acceptors (Lipinski definition) is 5. The minimum absolute atomic E-state index is 0.769. The fraction of sp³-hybridized carbons (Fsp3) is 0.438. The Balaban J connectivity index is 2.16. The SMILES string of the molecule is COc1cc(CN(C)Cc2cnn(C)c2)c(SC)cc1OC. The fourth-order valence-corrected chi connectivity index (χ4v) is 3.04. The number of benzene rings is 1. The van der Waals surface area contributed by atoms with Crippen molar-refractivity contribution >= 4 is 11.8 Å². The molecule has 1 aromatic heterocycles. The molecule has 2 aromatic rings. The molecule has 0 aliphatic rings. The number of ether oxygens (including phenoxy) is 2. The number of methoxy groups -OCH3 is 2. The van der Waals surface area contributed by atoms with E-state index in [4.69, 9.17) is 9.47 Å². The smallest absolute Gasteiger partial charge is 0.161 e. The molecule has 6 heteroatoms. The van der Waals surface area contributed by atoms with Crippen molar-refractivity contribution in [2.75, 3.05) is 27.5 Å².